The average Bonchev–Trinajstić information content (AvgIpc) is 2.53. The van der Waals surface area contributed by atoms with Gasteiger partial charge in [-0.05, 0) is 12.5 Å². The fourth-order valence-corrected chi connectivity index (χ4v) is 2.15. The predicted molar refractivity (Wildman–Crippen MR) is 81.0 cm³/mol. The third-order valence-corrected chi connectivity index (χ3v) is 3.49. The Bertz CT molecular complexity index is 704. The van der Waals surface area contributed by atoms with E-state index in [0.29, 0.717) is 12.5 Å². The molecule has 0 spiro atoms. The maximum absolute atomic E-state index is 13.1. The number of methoxy groups -OCH3 is 2. The zero-order valence-electron chi connectivity index (χ0n) is 13.4. The SMILES string of the molecule is COc1nc(CC(C)(O)C(F)(F)F)c(-c2ccccc2)c(OC)n1. The molecule has 5 nitrogen and oxygen atoms in total. The lowest BCUT2D eigenvalue weighted by Gasteiger charge is -2.27. The first-order valence-corrected chi connectivity index (χ1v) is 7.03. The molecular formula is C16H17F3N2O3. The lowest BCUT2D eigenvalue weighted by atomic mass is 9.94. The molecule has 1 aromatic carbocycles. The number of hydrogen-bond acceptors (Lipinski definition) is 5. The fraction of sp³-hybridized carbons (Fsp3) is 0.375. The minimum absolute atomic E-state index is 0.0211. The van der Waals surface area contributed by atoms with Crippen LogP contribution in [0.1, 0.15) is 12.6 Å². The molecule has 0 radical (unpaired) electrons. The number of nitrogens with zero attached hydrogens (tertiary/aromatic N) is 2. The zero-order valence-corrected chi connectivity index (χ0v) is 13.4. The summed E-state index contributed by atoms with van der Waals surface area (Å²) in [5.41, 5.74) is -2.12. The fourth-order valence-electron chi connectivity index (χ4n) is 2.15. The molecule has 2 aromatic rings. The van der Waals surface area contributed by atoms with Crippen LogP contribution in [-0.4, -0.2) is 41.1 Å². The van der Waals surface area contributed by atoms with Crippen molar-refractivity contribution >= 4 is 0 Å². The number of alkyl halides is 3. The van der Waals surface area contributed by atoms with Gasteiger partial charge < -0.3 is 14.6 Å². The molecule has 0 bridgehead atoms. The second-order valence-electron chi connectivity index (χ2n) is 5.36. The molecule has 1 aromatic heterocycles. The Hall–Kier alpha value is -2.35. The molecule has 0 aliphatic rings. The van der Waals surface area contributed by atoms with Crippen molar-refractivity contribution < 1.29 is 27.8 Å². The van der Waals surface area contributed by atoms with Crippen LogP contribution in [0.15, 0.2) is 30.3 Å². The maximum atomic E-state index is 13.1. The topological polar surface area (TPSA) is 64.5 Å². The van der Waals surface area contributed by atoms with Crippen molar-refractivity contribution in [1.82, 2.24) is 9.97 Å². The molecule has 0 aliphatic heterocycles. The smallest absolute Gasteiger partial charge is 0.417 e. The van der Waals surface area contributed by atoms with Gasteiger partial charge in [-0.15, -0.1) is 0 Å². The molecule has 2 rings (SSSR count). The number of halogens is 3. The Morgan fingerprint density at radius 2 is 1.67 bits per heavy atom. The van der Waals surface area contributed by atoms with Gasteiger partial charge in [0.25, 0.3) is 0 Å². The average molecular weight is 342 g/mol. The largest absolute Gasteiger partial charge is 0.480 e. The van der Waals surface area contributed by atoms with Crippen LogP contribution in [0, 0.1) is 0 Å². The highest BCUT2D eigenvalue weighted by molar-refractivity contribution is 5.71. The third-order valence-electron chi connectivity index (χ3n) is 3.49. The van der Waals surface area contributed by atoms with Crippen molar-refractivity contribution in [3.8, 4) is 23.0 Å². The van der Waals surface area contributed by atoms with Gasteiger partial charge >= 0.3 is 12.2 Å². The molecule has 24 heavy (non-hydrogen) atoms. The second kappa shape index (κ2) is 6.64. The molecule has 130 valence electrons. The summed E-state index contributed by atoms with van der Waals surface area (Å²) >= 11 is 0. The highest BCUT2D eigenvalue weighted by Gasteiger charge is 2.50. The Morgan fingerprint density at radius 3 is 2.17 bits per heavy atom. The van der Waals surface area contributed by atoms with Gasteiger partial charge in [0.1, 0.15) is 0 Å². The number of rotatable bonds is 5. The first kappa shape index (κ1) is 18.0. The van der Waals surface area contributed by atoms with E-state index in [4.69, 9.17) is 9.47 Å². The van der Waals surface area contributed by atoms with Gasteiger partial charge in [-0.25, -0.2) is 0 Å². The van der Waals surface area contributed by atoms with Gasteiger partial charge in [0.05, 0.1) is 25.5 Å². The number of aromatic nitrogens is 2. The molecule has 0 aliphatic carbocycles. The van der Waals surface area contributed by atoms with Crippen LogP contribution in [0.3, 0.4) is 0 Å². The van der Waals surface area contributed by atoms with E-state index in [2.05, 4.69) is 9.97 Å². The van der Waals surface area contributed by atoms with E-state index in [9.17, 15) is 18.3 Å². The minimum atomic E-state index is -4.81. The molecular weight excluding hydrogens is 325 g/mol. The summed E-state index contributed by atoms with van der Waals surface area (Å²) < 4.78 is 49.3. The molecule has 0 saturated carbocycles. The van der Waals surface area contributed by atoms with E-state index in [1.807, 2.05) is 0 Å². The van der Waals surface area contributed by atoms with E-state index in [-0.39, 0.29) is 23.1 Å². The van der Waals surface area contributed by atoms with Crippen LogP contribution < -0.4 is 9.47 Å². The molecule has 1 unspecified atom stereocenters. The highest BCUT2D eigenvalue weighted by Crippen LogP contribution is 2.38. The summed E-state index contributed by atoms with van der Waals surface area (Å²) in [7, 11) is 2.64. The van der Waals surface area contributed by atoms with Gasteiger partial charge in [0.2, 0.25) is 5.88 Å². The molecule has 0 amide bonds. The minimum Gasteiger partial charge on any atom is -0.480 e. The molecule has 0 fully saturated rings. The van der Waals surface area contributed by atoms with Crippen molar-refractivity contribution in [2.24, 2.45) is 0 Å². The second-order valence-corrected chi connectivity index (χ2v) is 5.36. The van der Waals surface area contributed by atoms with Crippen LogP contribution in [-0.2, 0) is 6.42 Å². The first-order valence-electron chi connectivity index (χ1n) is 7.03. The maximum Gasteiger partial charge on any atom is 0.417 e. The van der Waals surface area contributed by atoms with Crippen LogP contribution in [0.5, 0.6) is 11.9 Å². The Morgan fingerprint density at radius 1 is 1.04 bits per heavy atom. The normalized spacial score (nSPS) is 14.1. The summed E-state index contributed by atoms with van der Waals surface area (Å²) in [6.07, 6.45) is -5.58. The summed E-state index contributed by atoms with van der Waals surface area (Å²) in [6.45, 7) is 0.697. The highest BCUT2D eigenvalue weighted by atomic mass is 19.4. The number of aliphatic hydroxyl groups is 1. The van der Waals surface area contributed by atoms with Crippen molar-refractivity contribution in [3.63, 3.8) is 0 Å². The monoisotopic (exact) mass is 342 g/mol. The Balaban J connectivity index is 2.64. The van der Waals surface area contributed by atoms with E-state index < -0.39 is 18.2 Å². The number of ether oxygens (including phenoxy) is 2. The Labute approximate surface area is 137 Å². The van der Waals surface area contributed by atoms with Crippen LogP contribution in [0.4, 0.5) is 13.2 Å². The van der Waals surface area contributed by atoms with E-state index in [1.54, 1.807) is 30.3 Å². The summed E-state index contributed by atoms with van der Waals surface area (Å²) in [6, 6.07) is 8.47. The quantitative estimate of drug-likeness (QED) is 0.905. The van der Waals surface area contributed by atoms with Crippen molar-refractivity contribution in [1.29, 1.82) is 0 Å². The van der Waals surface area contributed by atoms with Gasteiger partial charge in [0.15, 0.2) is 5.60 Å². The van der Waals surface area contributed by atoms with Crippen molar-refractivity contribution in [2.45, 2.75) is 25.1 Å². The van der Waals surface area contributed by atoms with Gasteiger partial charge in [-0.1, -0.05) is 30.3 Å². The van der Waals surface area contributed by atoms with Gasteiger partial charge in [-0.3, -0.25) is 0 Å². The van der Waals surface area contributed by atoms with Crippen LogP contribution >= 0.6 is 0 Å². The lowest BCUT2D eigenvalue weighted by Crippen LogP contribution is -2.44. The summed E-state index contributed by atoms with van der Waals surface area (Å²) in [4.78, 5) is 8.02. The van der Waals surface area contributed by atoms with Crippen LogP contribution in [0.25, 0.3) is 11.1 Å². The van der Waals surface area contributed by atoms with E-state index >= 15 is 0 Å². The van der Waals surface area contributed by atoms with Crippen molar-refractivity contribution in [3.05, 3.63) is 36.0 Å². The van der Waals surface area contributed by atoms with Gasteiger partial charge in [-0.2, -0.15) is 23.1 Å². The predicted octanol–water partition coefficient (Wildman–Crippen LogP) is 3.02. The standard InChI is InChI=1S/C16H17F3N2O3/c1-15(22,16(17,18)19)9-11-12(10-7-5-4-6-8-10)13(23-2)21-14(20-11)24-3/h4-8,22H,9H2,1-3H3. The molecule has 1 heterocycles. The lowest BCUT2D eigenvalue weighted by molar-refractivity contribution is -0.252. The summed E-state index contributed by atoms with van der Waals surface area (Å²) in [5, 5.41) is 9.84. The van der Waals surface area contributed by atoms with Gasteiger partial charge in [0, 0.05) is 6.42 Å². The molecule has 1 atom stereocenters. The number of hydrogen-bond donors (Lipinski definition) is 1. The van der Waals surface area contributed by atoms with Crippen LogP contribution in [0.2, 0.25) is 0 Å². The molecule has 0 saturated heterocycles. The molecule has 8 heteroatoms. The number of benzene rings is 1. The first-order chi connectivity index (χ1) is 11.2. The summed E-state index contributed by atoms with van der Waals surface area (Å²) in [5.74, 6) is 0.0704. The molecule has 1 N–H and O–H groups in total. The Kier molecular flexibility index (Phi) is 4.98. The van der Waals surface area contributed by atoms with Crippen molar-refractivity contribution in [2.75, 3.05) is 14.2 Å². The third kappa shape index (κ3) is 3.59. The van der Waals surface area contributed by atoms with E-state index in [1.165, 1.54) is 14.2 Å². The van der Waals surface area contributed by atoms with E-state index in [0.717, 1.165) is 0 Å². The zero-order chi connectivity index (χ0) is 18.0.